The van der Waals surface area contributed by atoms with E-state index in [4.69, 9.17) is 9.84 Å². The highest BCUT2D eigenvalue weighted by Gasteiger charge is 2.17. The Morgan fingerprint density at radius 3 is 2.38 bits per heavy atom. The van der Waals surface area contributed by atoms with E-state index >= 15 is 0 Å². The van der Waals surface area contributed by atoms with Crippen molar-refractivity contribution in [2.24, 2.45) is 0 Å². The van der Waals surface area contributed by atoms with Gasteiger partial charge in [0.15, 0.2) is 11.6 Å². The highest BCUT2D eigenvalue weighted by molar-refractivity contribution is 5.96. The molecule has 162 valence electrons. The van der Waals surface area contributed by atoms with E-state index in [2.05, 4.69) is 15.3 Å². The number of ether oxygens (including phenoxy) is 1. The molecule has 0 aliphatic carbocycles. The minimum absolute atomic E-state index is 0.0571. The summed E-state index contributed by atoms with van der Waals surface area (Å²) in [6.07, 6.45) is 3.07. The second-order valence-corrected chi connectivity index (χ2v) is 6.86. The maximum atomic E-state index is 13.6. The third-order valence-corrected chi connectivity index (χ3v) is 4.80. The van der Waals surface area contributed by atoms with Crippen molar-refractivity contribution in [3.63, 3.8) is 0 Å². The van der Waals surface area contributed by atoms with Gasteiger partial charge in [-0.3, -0.25) is 0 Å². The lowest BCUT2D eigenvalue weighted by molar-refractivity contribution is 0.0697. The van der Waals surface area contributed by atoms with Crippen molar-refractivity contribution >= 4 is 22.6 Å². The lowest BCUT2D eigenvalue weighted by atomic mass is 10.0. The number of aromatic nitrogens is 2. The van der Waals surface area contributed by atoms with Crippen molar-refractivity contribution in [2.75, 3.05) is 11.9 Å². The van der Waals surface area contributed by atoms with E-state index in [-0.39, 0.29) is 23.8 Å². The first-order valence-corrected chi connectivity index (χ1v) is 9.53. The van der Waals surface area contributed by atoms with E-state index in [1.807, 2.05) is 0 Å². The number of aliphatic hydroxyl groups is 1. The van der Waals surface area contributed by atoms with E-state index in [0.717, 1.165) is 12.1 Å². The molecule has 0 spiro atoms. The van der Waals surface area contributed by atoms with E-state index < -0.39 is 23.6 Å². The maximum Gasteiger partial charge on any atom is 0.335 e. The molecule has 2 heterocycles. The number of halogens is 2. The van der Waals surface area contributed by atoms with Crippen LogP contribution in [-0.4, -0.2) is 32.8 Å². The Balaban J connectivity index is 1.70. The molecule has 0 bridgehead atoms. The maximum absolute atomic E-state index is 13.6. The van der Waals surface area contributed by atoms with Gasteiger partial charge in [-0.1, -0.05) is 12.1 Å². The summed E-state index contributed by atoms with van der Waals surface area (Å²) < 4.78 is 32.5. The number of aromatic carboxylic acids is 1. The molecule has 9 heteroatoms. The molecule has 1 atom stereocenters. The number of hydrogen-bond donors (Lipinski definition) is 3. The number of aliphatic hydroxyl groups excluding tert-OH is 1. The highest BCUT2D eigenvalue weighted by Crippen LogP contribution is 2.34. The van der Waals surface area contributed by atoms with Crippen LogP contribution in [0.4, 0.5) is 14.6 Å². The van der Waals surface area contributed by atoms with Gasteiger partial charge in [-0.25, -0.2) is 23.5 Å². The zero-order valence-electron chi connectivity index (χ0n) is 16.5. The van der Waals surface area contributed by atoms with E-state index in [1.165, 1.54) is 24.4 Å². The first kappa shape index (κ1) is 21.1. The van der Waals surface area contributed by atoms with Crippen molar-refractivity contribution in [2.45, 2.75) is 6.04 Å². The van der Waals surface area contributed by atoms with Crippen LogP contribution >= 0.6 is 0 Å². The van der Waals surface area contributed by atoms with Crippen LogP contribution in [0, 0.1) is 11.6 Å². The molecule has 0 aliphatic rings. The average molecular weight is 437 g/mol. The summed E-state index contributed by atoms with van der Waals surface area (Å²) >= 11 is 0. The summed E-state index contributed by atoms with van der Waals surface area (Å²) in [6.45, 7) is -0.301. The van der Waals surface area contributed by atoms with Crippen LogP contribution in [0.2, 0.25) is 0 Å². The molecule has 3 N–H and O–H groups in total. The molecule has 0 saturated carbocycles. The largest absolute Gasteiger partial charge is 0.478 e. The molecule has 0 radical (unpaired) electrons. The highest BCUT2D eigenvalue weighted by atomic mass is 19.2. The van der Waals surface area contributed by atoms with Gasteiger partial charge < -0.3 is 20.3 Å². The molecule has 0 saturated heterocycles. The van der Waals surface area contributed by atoms with E-state index in [1.54, 1.807) is 30.5 Å². The third kappa shape index (κ3) is 4.33. The number of benzene rings is 2. The summed E-state index contributed by atoms with van der Waals surface area (Å²) in [6, 6.07) is 12.1. The summed E-state index contributed by atoms with van der Waals surface area (Å²) in [4.78, 5) is 19.6. The number of anilines is 1. The van der Waals surface area contributed by atoms with Crippen LogP contribution in [0.3, 0.4) is 0 Å². The van der Waals surface area contributed by atoms with Crippen molar-refractivity contribution in [3.05, 3.63) is 89.8 Å². The molecule has 0 aliphatic heterocycles. The van der Waals surface area contributed by atoms with Gasteiger partial charge in [0.1, 0.15) is 11.6 Å². The Hall–Kier alpha value is -4.11. The smallest absolute Gasteiger partial charge is 0.335 e. The molecule has 4 rings (SSSR count). The Morgan fingerprint density at radius 1 is 1.00 bits per heavy atom. The Labute approximate surface area is 181 Å². The number of nitrogens with one attached hydrogen (secondary N) is 1. The van der Waals surface area contributed by atoms with Gasteiger partial charge in [0.05, 0.1) is 23.6 Å². The summed E-state index contributed by atoms with van der Waals surface area (Å²) in [5.74, 6) is -2.58. The number of carboxylic acid groups (broad SMARTS) is 1. The van der Waals surface area contributed by atoms with Crippen LogP contribution in [-0.2, 0) is 0 Å². The molecule has 0 unspecified atom stereocenters. The number of carboxylic acids is 1. The van der Waals surface area contributed by atoms with Gasteiger partial charge >= 0.3 is 5.97 Å². The second-order valence-electron chi connectivity index (χ2n) is 6.86. The monoisotopic (exact) mass is 437 g/mol. The summed E-state index contributed by atoms with van der Waals surface area (Å²) in [5, 5.41) is 23.3. The number of fused-ring (bicyclic) bond motifs is 1. The normalized spacial score (nSPS) is 11.8. The van der Waals surface area contributed by atoms with Gasteiger partial charge in [-0.05, 0) is 47.3 Å². The molecule has 2 aromatic carbocycles. The van der Waals surface area contributed by atoms with Crippen LogP contribution < -0.4 is 10.1 Å². The predicted molar refractivity (Wildman–Crippen MR) is 113 cm³/mol. The SMILES string of the molecule is O=C(O)c1ccc([C@H](CO)Nc2nccc3ccnc(Oc4ccc(F)c(F)c4)c23)cc1. The number of hydrogen-bond acceptors (Lipinski definition) is 6. The number of pyridine rings is 2. The molecule has 0 fully saturated rings. The van der Waals surface area contributed by atoms with Gasteiger partial charge in [-0.2, -0.15) is 0 Å². The predicted octanol–water partition coefficient (Wildman–Crippen LogP) is 4.54. The topological polar surface area (TPSA) is 105 Å². The van der Waals surface area contributed by atoms with E-state index in [0.29, 0.717) is 22.2 Å². The van der Waals surface area contributed by atoms with Crippen molar-refractivity contribution < 1.29 is 28.5 Å². The lowest BCUT2D eigenvalue weighted by Crippen LogP contribution is -2.16. The summed E-state index contributed by atoms with van der Waals surface area (Å²) in [5.41, 5.74) is 0.767. The lowest BCUT2D eigenvalue weighted by Gasteiger charge is -2.19. The average Bonchev–Trinajstić information content (AvgIpc) is 2.80. The fraction of sp³-hybridized carbons (Fsp3) is 0.0870. The second kappa shape index (κ2) is 8.94. The van der Waals surface area contributed by atoms with Crippen LogP contribution in [0.25, 0.3) is 10.8 Å². The molecule has 2 aromatic heterocycles. The molecule has 32 heavy (non-hydrogen) atoms. The third-order valence-electron chi connectivity index (χ3n) is 4.80. The van der Waals surface area contributed by atoms with Crippen LogP contribution in [0.5, 0.6) is 11.6 Å². The minimum atomic E-state index is -1.05. The van der Waals surface area contributed by atoms with Crippen molar-refractivity contribution in [1.29, 1.82) is 0 Å². The molecular weight excluding hydrogens is 420 g/mol. The van der Waals surface area contributed by atoms with Crippen LogP contribution in [0.1, 0.15) is 22.0 Å². The first-order valence-electron chi connectivity index (χ1n) is 9.53. The van der Waals surface area contributed by atoms with Crippen molar-refractivity contribution in [1.82, 2.24) is 9.97 Å². The van der Waals surface area contributed by atoms with Gasteiger partial charge in [0.2, 0.25) is 5.88 Å². The number of nitrogens with zero attached hydrogens (tertiary/aromatic N) is 2. The Morgan fingerprint density at radius 2 is 1.72 bits per heavy atom. The fourth-order valence-corrected chi connectivity index (χ4v) is 3.19. The van der Waals surface area contributed by atoms with Gasteiger partial charge in [-0.15, -0.1) is 0 Å². The standard InChI is InChI=1S/C23H17F2N3O4/c24-17-6-5-16(11-18(17)25)32-22-20-14(8-10-27-22)7-9-26-21(20)28-19(12-29)13-1-3-15(4-2-13)23(30)31/h1-11,19,29H,12H2,(H,26,28)(H,30,31)/t19-/m0/s1. The molecule has 7 nitrogen and oxygen atoms in total. The molecule has 0 amide bonds. The molecule has 4 aromatic rings. The summed E-state index contributed by atoms with van der Waals surface area (Å²) in [7, 11) is 0. The number of rotatable bonds is 7. The van der Waals surface area contributed by atoms with Crippen molar-refractivity contribution in [3.8, 4) is 11.6 Å². The zero-order valence-corrected chi connectivity index (χ0v) is 16.5. The fourth-order valence-electron chi connectivity index (χ4n) is 3.19. The van der Waals surface area contributed by atoms with Crippen LogP contribution in [0.15, 0.2) is 67.0 Å². The Bertz CT molecular complexity index is 1280. The van der Waals surface area contributed by atoms with Gasteiger partial charge in [0.25, 0.3) is 0 Å². The van der Waals surface area contributed by atoms with Gasteiger partial charge in [0, 0.05) is 18.5 Å². The molecular formula is C23H17F2N3O4. The first-order chi connectivity index (χ1) is 15.5. The minimum Gasteiger partial charge on any atom is -0.478 e. The Kier molecular flexibility index (Phi) is 5.91. The zero-order chi connectivity index (χ0) is 22.7. The van der Waals surface area contributed by atoms with E-state index in [9.17, 15) is 18.7 Å². The quantitative estimate of drug-likeness (QED) is 0.390. The number of carbonyl (C=O) groups is 1.